The number of hydrogen-bond donors (Lipinski definition) is 1. The monoisotopic (exact) mass is 261 g/mol. The first kappa shape index (κ1) is 15.5. The molecule has 0 radical (unpaired) electrons. The lowest BCUT2D eigenvalue weighted by atomic mass is 9.83. The first-order valence-corrected chi connectivity index (χ1v) is 6.82. The topological polar surface area (TPSA) is 29.1 Å². The van der Waals surface area contributed by atoms with E-state index in [1.807, 2.05) is 20.8 Å². The number of Topliss-reactive ketones (excluding diaryl/α,β-unsaturated/α-hetero) is 1. The van der Waals surface area contributed by atoms with Crippen LogP contribution in [0.3, 0.4) is 0 Å². The van der Waals surface area contributed by atoms with Crippen molar-refractivity contribution in [1.82, 2.24) is 5.32 Å². The van der Waals surface area contributed by atoms with E-state index in [1.54, 1.807) is 0 Å². The summed E-state index contributed by atoms with van der Waals surface area (Å²) in [5, 5.41) is 3.24. The van der Waals surface area contributed by atoms with Gasteiger partial charge in [-0.15, -0.1) is 0 Å². The van der Waals surface area contributed by atoms with E-state index in [4.69, 9.17) is 0 Å². The lowest BCUT2D eigenvalue weighted by molar-refractivity contribution is -0.121. The zero-order chi connectivity index (χ0) is 13.8. The quantitative estimate of drug-likeness (QED) is 0.820. The van der Waals surface area contributed by atoms with E-state index in [2.05, 4.69) is 5.32 Å². The van der Waals surface area contributed by atoms with Crippen molar-refractivity contribution in [2.24, 2.45) is 5.92 Å². The number of rotatable bonds is 5. The Morgan fingerprint density at radius 3 is 2.61 bits per heavy atom. The van der Waals surface area contributed by atoms with Crippen LogP contribution in [-0.2, 0) is 4.79 Å². The number of carbonyl (C=O) groups is 1. The summed E-state index contributed by atoms with van der Waals surface area (Å²) in [6.45, 7) is 6.75. The highest BCUT2D eigenvalue weighted by molar-refractivity contribution is 5.78. The fraction of sp³-hybridized carbons (Fsp3) is 0.929. The molecule has 1 aliphatic carbocycles. The predicted molar refractivity (Wildman–Crippen MR) is 68.9 cm³/mol. The third-order valence-electron chi connectivity index (χ3n) is 3.32. The first-order valence-electron chi connectivity index (χ1n) is 6.82. The van der Waals surface area contributed by atoms with E-state index in [9.17, 15) is 13.6 Å². The summed E-state index contributed by atoms with van der Waals surface area (Å²) in [5.74, 6) is -2.56. The zero-order valence-corrected chi connectivity index (χ0v) is 11.7. The van der Waals surface area contributed by atoms with Gasteiger partial charge in [0.05, 0.1) is 0 Å². The van der Waals surface area contributed by atoms with Crippen molar-refractivity contribution in [3.05, 3.63) is 0 Å². The maximum absolute atomic E-state index is 13.2. The molecular weight excluding hydrogens is 236 g/mol. The molecule has 0 heterocycles. The molecule has 0 aliphatic heterocycles. The van der Waals surface area contributed by atoms with Gasteiger partial charge in [0, 0.05) is 37.8 Å². The normalized spacial score (nSPS) is 23.9. The Morgan fingerprint density at radius 1 is 1.39 bits per heavy atom. The first-order chi connectivity index (χ1) is 8.18. The Bertz CT molecular complexity index is 284. The summed E-state index contributed by atoms with van der Waals surface area (Å²) in [6.07, 6.45) is 1.97. The van der Waals surface area contributed by atoms with Crippen LogP contribution in [0.5, 0.6) is 0 Å². The molecule has 0 aromatic carbocycles. The molecule has 106 valence electrons. The number of carbonyl (C=O) groups excluding carboxylic acids is 1. The van der Waals surface area contributed by atoms with Crippen LogP contribution in [0.2, 0.25) is 0 Å². The second-order valence-corrected chi connectivity index (χ2v) is 6.49. The highest BCUT2D eigenvalue weighted by Crippen LogP contribution is 2.38. The molecule has 1 rings (SSSR count). The van der Waals surface area contributed by atoms with Crippen LogP contribution in [0, 0.1) is 5.92 Å². The Morgan fingerprint density at radius 2 is 2.06 bits per heavy atom. The number of ketones is 1. The maximum atomic E-state index is 13.2. The molecule has 1 N–H and O–H groups in total. The average Bonchev–Trinajstić information content (AvgIpc) is 2.13. The Hall–Kier alpha value is -0.510. The van der Waals surface area contributed by atoms with Gasteiger partial charge in [-0.2, -0.15) is 0 Å². The number of alkyl halides is 2. The molecule has 1 aliphatic rings. The van der Waals surface area contributed by atoms with E-state index in [0.717, 1.165) is 6.42 Å². The van der Waals surface area contributed by atoms with Crippen molar-refractivity contribution in [1.29, 1.82) is 0 Å². The van der Waals surface area contributed by atoms with Gasteiger partial charge in [-0.05, 0) is 39.5 Å². The van der Waals surface area contributed by atoms with Gasteiger partial charge in [0.25, 0.3) is 0 Å². The van der Waals surface area contributed by atoms with E-state index < -0.39 is 5.92 Å². The lowest BCUT2D eigenvalue weighted by Gasteiger charge is -2.28. The van der Waals surface area contributed by atoms with Gasteiger partial charge in [-0.1, -0.05) is 0 Å². The minimum absolute atomic E-state index is 0.00184. The molecule has 0 aromatic rings. The van der Waals surface area contributed by atoms with Crippen molar-refractivity contribution in [3.63, 3.8) is 0 Å². The summed E-state index contributed by atoms with van der Waals surface area (Å²) in [7, 11) is 0. The Kier molecular flexibility index (Phi) is 5.26. The van der Waals surface area contributed by atoms with Crippen LogP contribution < -0.4 is 5.32 Å². The van der Waals surface area contributed by atoms with Gasteiger partial charge in [0.2, 0.25) is 5.92 Å². The van der Waals surface area contributed by atoms with Crippen LogP contribution >= 0.6 is 0 Å². The largest absolute Gasteiger partial charge is 0.312 e. The maximum Gasteiger partial charge on any atom is 0.248 e. The third-order valence-corrected chi connectivity index (χ3v) is 3.32. The second kappa shape index (κ2) is 6.09. The van der Waals surface area contributed by atoms with Gasteiger partial charge < -0.3 is 5.32 Å². The molecule has 0 saturated heterocycles. The molecule has 4 heteroatoms. The van der Waals surface area contributed by atoms with Gasteiger partial charge >= 0.3 is 0 Å². The van der Waals surface area contributed by atoms with Crippen molar-refractivity contribution in [3.8, 4) is 0 Å². The van der Waals surface area contributed by atoms with E-state index in [-0.39, 0.29) is 30.1 Å². The summed E-state index contributed by atoms with van der Waals surface area (Å²) >= 11 is 0. The van der Waals surface area contributed by atoms with Crippen LogP contribution in [0.1, 0.15) is 59.3 Å². The van der Waals surface area contributed by atoms with E-state index in [0.29, 0.717) is 25.8 Å². The lowest BCUT2D eigenvalue weighted by Crippen LogP contribution is -2.37. The van der Waals surface area contributed by atoms with Gasteiger partial charge in [-0.3, -0.25) is 4.79 Å². The minimum Gasteiger partial charge on any atom is -0.312 e. The van der Waals surface area contributed by atoms with Crippen molar-refractivity contribution >= 4 is 5.78 Å². The smallest absolute Gasteiger partial charge is 0.248 e. The number of halogens is 2. The number of hydrogen-bond acceptors (Lipinski definition) is 2. The van der Waals surface area contributed by atoms with Crippen LogP contribution in [-0.4, -0.2) is 23.8 Å². The molecular formula is C14H25F2NO. The van der Waals surface area contributed by atoms with Crippen molar-refractivity contribution in [2.75, 3.05) is 6.54 Å². The SMILES string of the molecule is CC(C)(C)NCCC(=O)CC1CCCC(F)(F)C1. The molecule has 1 unspecified atom stereocenters. The molecule has 0 spiro atoms. The average molecular weight is 261 g/mol. The highest BCUT2D eigenvalue weighted by atomic mass is 19.3. The molecule has 0 aromatic heterocycles. The highest BCUT2D eigenvalue weighted by Gasteiger charge is 2.36. The van der Waals surface area contributed by atoms with Crippen molar-refractivity contribution < 1.29 is 13.6 Å². The predicted octanol–water partition coefficient (Wildman–Crippen LogP) is 3.55. The van der Waals surface area contributed by atoms with Crippen molar-refractivity contribution in [2.45, 2.75) is 70.8 Å². The second-order valence-electron chi connectivity index (χ2n) is 6.49. The van der Waals surface area contributed by atoms with Crippen LogP contribution in [0.15, 0.2) is 0 Å². The summed E-state index contributed by atoms with van der Waals surface area (Å²) < 4.78 is 26.4. The fourth-order valence-corrected chi connectivity index (χ4v) is 2.45. The van der Waals surface area contributed by atoms with Crippen LogP contribution in [0.4, 0.5) is 8.78 Å². The van der Waals surface area contributed by atoms with E-state index >= 15 is 0 Å². The van der Waals surface area contributed by atoms with Crippen LogP contribution in [0.25, 0.3) is 0 Å². The standard InChI is InChI=1S/C14H25F2NO/c1-13(2,3)17-8-6-12(18)9-11-5-4-7-14(15,16)10-11/h11,17H,4-10H2,1-3H3. The molecule has 1 fully saturated rings. The fourth-order valence-electron chi connectivity index (χ4n) is 2.45. The summed E-state index contributed by atoms with van der Waals surface area (Å²) in [5.41, 5.74) is -0.00184. The summed E-state index contributed by atoms with van der Waals surface area (Å²) in [4.78, 5) is 11.7. The molecule has 0 bridgehead atoms. The summed E-state index contributed by atoms with van der Waals surface area (Å²) in [6, 6.07) is 0. The van der Waals surface area contributed by atoms with Gasteiger partial charge in [0.1, 0.15) is 5.78 Å². The minimum atomic E-state index is -2.55. The molecule has 1 saturated carbocycles. The van der Waals surface area contributed by atoms with E-state index in [1.165, 1.54) is 0 Å². The third kappa shape index (κ3) is 6.43. The molecule has 1 atom stereocenters. The molecule has 2 nitrogen and oxygen atoms in total. The number of nitrogens with one attached hydrogen (secondary N) is 1. The molecule has 0 amide bonds. The molecule has 18 heavy (non-hydrogen) atoms. The zero-order valence-electron chi connectivity index (χ0n) is 11.7. The van der Waals surface area contributed by atoms with Gasteiger partial charge in [0.15, 0.2) is 0 Å². The Balaban J connectivity index is 2.24. The van der Waals surface area contributed by atoms with Gasteiger partial charge in [-0.25, -0.2) is 8.78 Å². The Labute approximate surface area is 109 Å².